The Morgan fingerprint density at radius 2 is 2.00 bits per heavy atom. The number of hydrogen-bond acceptors (Lipinski definition) is 4. The smallest absolute Gasteiger partial charge is 0.326 e. The number of carbonyl (C=O) groups is 2. The molecule has 7 nitrogen and oxygen atoms in total. The lowest BCUT2D eigenvalue weighted by Crippen LogP contribution is -2.46. The average Bonchev–Trinajstić information content (AvgIpc) is 2.33. The quantitative estimate of drug-likeness (QED) is 0.489. The first-order valence-corrected chi connectivity index (χ1v) is 5.95. The van der Waals surface area contributed by atoms with Gasteiger partial charge in [-0.05, 0) is 6.42 Å². The van der Waals surface area contributed by atoms with Crippen LogP contribution in [0.25, 0.3) is 0 Å². The summed E-state index contributed by atoms with van der Waals surface area (Å²) in [6.07, 6.45) is 1.10. The zero-order valence-electron chi connectivity index (χ0n) is 10.9. The van der Waals surface area contributed by atoms with Crippen LogP contribution in [0.1, 0.15) is 19.8 Å². The molecule has 0 aromatic heterocycles. The van der Waals surface area contributed by atoms with Gasteiger partial charge in [0.2, 0.25) is 0 Å². The average molecular weight is 262 g/mol. The van der Waals surface area contributed by atoms with E-state index < -0.39 is 18.0 Å². The van der Waals surface area contributed by atoms with Gasteiger partial charge in [-0.25, -0.2) is 9.59 Å². The molecule has 0 aliphatic rings. The van der Waals surface area contributed by atoms with E-state index in [-0.39, 0.29) is 0 Å². The van der Waals surface area contributed by atoms with Crippen LogP contribution in [0, 0.1) is 0 Å². The molecule has 3 N–H and O–H groups in total. The number of nitrogens with one attached hydrogen (secondary N) is 2. The number of carboxylic acids is 1. The third kappa shape index (κ3) is 8.77. The highest BCUT2D eigenvalue weighted by Crippen LogP contribution is 1.96. The number of methoxy groups -OCH3 is 1. The Bertz CT molecular complexity index is 248. The Morgan fingerprint density at radius 1 is 1.28 bits per heavy atom. The zero-order chi connectivity index (χ0) is 13.8. The maximum atomic E-state index is 11.4. The highest BCUT2D eigenvalue weighted by atomic mass is 16.5. The van der Waals surface area contributed by atoms with Gasteiger partial charge in [-0.3, -0.25) is 0 Å². The zero-order valence-corrected chi connectivity index (χ0v) is 10.9. The van der Waals surface area contributed by atoms with E-state index in [2.05, 4.69) is 10.6 Å². The van der Waals surface area contributed by atoms with Crippen LogP contribution < -0.4 is 10.6 Å². The van der Waals surface area contributed by atoms with Crippen molar-refractivity contribution in [1.82, 2.24) is 10.6 Å². The number of aliphatic carboxylic acids is 1. The maximum Gasteiger partial charge on any atom is 0.326 e. The summed E-state index contributed by atoms with van der Waals surface area (Å²) in [5, 5.41) is 13.8. The molecule has 0 fully saturated rings. The lowest BCUT2D eigenvalue weighted by molar-refractivity contribution is -0.139. The third-order valence-corrected chi connectivity index (χ3v) is 2.14. The molecule has 0 spiro atoms. The maximum absolute atomic E-state index is 11.4. The fourth-order valence-corrected chi connectivity index (χ4v) is 1.24. The Balaban J connectivity index is 3.65. The number of urea groups is 1. The van der Waals surface area contributed by atoms with E-state index in [4.69, 9.17) is 14.6 Å². The lowest BCUT2D eigenvalue weighted by Gasteiger charge is -2.14. The van der Waals surface area contributed by atoms with Crippen molar-refractivity contribution in [3.05, 3.63) is 0 Å². The molecule has 0 aromatic carbocycles. The minimum atomic E-state index is -1.02. The van der Waals surface area contributed by atoms with Gasteiger partial charge in [-0.15, -0.1) is 0 Å². The molecule has 0 aliphatic heterocycles. The highest BCUT2D eigenvalue weighted by Gasteiger charge is 2.18. The number of hydrogen-bond donors (Lipinski definition) is 3. The van der Waals surface area contributed by atoms with E-state index in [0.29, 0.717) is 39.2 Å². The third-order valence-electron chi connectivity index (χ3n) is 2.14. The van der Waals surface area contributed by atoms with Gasteiger partial charge in [0.25, 0.3) is 0 Å². The van der Waals surface area contributed by atoms with Gasteiger partial charge in [0.1, 0.15) is 6.04 Å². The summed E-state index contributed by atoms with van der Waals surface area (Å²) < 4.78 is 9.93. The number of carbonyl (C=O) groups excluding carboxylic acids is 1. The Labute approximate surface area is 107 Å². The van der Waals surface area contributed by atoms with Crippen LogP contribution in [0.5, 0.6) is 0 Å². The molecule has 0 rings (SSSR count). The summed E-state index contributed by atoms with van der Waals surface area (Å²) in [7, 11) is 1.58. The Hall–Kier alpha value is -1.34. The lowest BCUT2D eigenvalue weighted by atomic mass is 10.2. The molecule has 0 saturated carbocycles. The Kier molecular flexibility index (Phi) is 9.99. The van der Waals surface area contributed by atoms with Crippen molar-refractivity contribution in [2.45, 2.75) is 25.8 Å². The molecule has 0 saturated heterocycles. The minimum Gasteiger partial charge on any atom is -0.480 e. The standard InChI is InChI=1S/C11H22N2O5/c1-3-4-9(10(14)15)13-11(16)12-5-6-18-8-7-17-2/h9H,3-8H2,1-2H3,(H,14,15)(H2,12,13,16). The monoisotopic (exact) mass is 262 g/mol. The van der Waals surface area contributed by atoms with Crippen LogP contribution in [-0.4, -0.2) is 56.6 Å². The van der Waals surface area contributed by atoms with E-state index in [1.54, 1.807) is 7.11 Å². The van der Waals surface area contributed by atoms with Crippen molar-refractivity contribution in [3.8, 4) is 0 Å². The van der Waals surface area contributed by atoms with Crippen LogP contribution in [0.2, 0.25) is 0 Å². The van der Waals surface area contributed by atoms with Gasteiger partial charge in [-0.1, -0.05) is 13.3 Å². The summed E-state index contributed by atoms with van der Waals surface area (Å²) in [4.78, 5) is 22.1. The number of amides is 2. The molecule has 7 heteroatoms. The van der Waals surface area contributed by atoms with Crippen LogP contribution in [-0.2, 0) is 14.3 Å². The number of carboxylic acid groups (broad SMARTS) is 1. The Morgan fingerprint density at radius 3 is 2.56 bits per heavy atom. The fourth-order valence-electron chi connectivity index (χ4n) is 1.24. The van der Waals surface area contributed by atoms with Crippen molar-refractivity contribution in [3.63, 3.8) is 0 Å². The molecule has 2 amide bonds. The summed E-state index contributed by atoms with van der Waals surface area (Å²) in [5.74, 6) is -1.02. The molecule has 106 valence electrons. The van der Waals surface area contributed by atoms with E-state index in [0.717, 1.165) is 0 Å². The van der Waals surface area contributed by atoms with Gasteiger partial charge in [0.05, 0.1) is 19.8 Å². The first-order chi connectivity index (χ1) is 8.61. The van der Waals surface area contributed by atoms with Gasteiger partial charge in [0, 0.05) is 13.7 Å². The summed E-state index contributed by atoms with van der Waals surface area (Å²) in [6.45, 7) is 3.52. The number of ether oxygens (including phenoxy) is 2. The van der Waals surface area contributed by atoms with Crippen molar-refractivity contribution >= 4 is 12.0 Å². The second kappa shape index (κ2) is 10.8. The van der Waals surface area contributed by atoms with Crippen LogP contribution in [0.15, 0.2) is 0 Å². The normalized spacial score (nSPS) is 11.9. The molecular formula is C11H22N2O5. The van der Waals surface area contributed by atoms with E-state index in [9.17, 15) is 9.59 Å². The van der Waals surface area contributed by atoms with Crippen molar-refractivity contribution in [2.75, 3.05) is 33.5 Å². The summed E-state index contributed by atoms with van der Waals surface area (Å²) >= 11 is 0. The first-order valence-electron chi connectivity index (χ1n) is 5.95. The first kappa shape index (κ1) is 16.7. The molecule has 18 heavy (non-hydrogen) atoms. The minimum absolute atomic E-state index is 0.327. The van der Waals surface area contributed by atoms with Gasteiger partial charge in [-0.2, -0.15) is 0 Å². The second-order valence-electron chi connectivity index (χ2n) is 3.68. The van der Waals surface area contributed by atoms with Gasteiger partial charge >= 0.3 is 12.0 Å². The van der Waals surface area contributed by atoms with Crippen LogP contribution in [0.4, 0.5) is 4.79 Å². The molecule has 0 aromatic rings. The molecule has 1 atom stereocenters. The van der Waals surface area contributed by atoms with E-state index in [1.807, 2.05) is 6.92 Å². The van der Waals surface area contributed by atoms with Crippen LogP contribution in [0.3, 0.4) is 0 Å². The molecule has 1 unspecified atom stereocenters. The summed E-state index contributed by atoms with van der Waals surface area (Å²) in [6, 6.07) is -1.34. The topological polar surface area (TPSA) is 96.9 Å². The molecule has 0 aliphatic carbocycles. The molecular weight excluding hydrogens is 240 g/mol. The van der Waals surface area contributed by atoms with E-state index >= 15 is 0 Å². The highest BCUT2D eigenvalue weighted by molar-refractivity contribution is 5.82. The fraction of sp³-hybridized carbons (Fsp3) is 0.818. The van der Waals surface area contributed by atoms with Crippen LogP contribution >= 0.6 is 0 Å². The van der Waals surface area contributed by atoms with Crippen molar-refractivity contribution in [2.24, 2.45) is 0 Å². The second-order valence-corrected chi connectivity index (χ2v) is 3.68. The molecule has 0 heterocycles. The van der Waals surface area contributed by atoms with Gasteiger partial charge in [0.15, 0.2) is 0 Å². The predicted molar refractivity (Wildman–Crippen MR) is 65.6 cm³/mol. The number of rotatable bonds is 10. The largest absolute Gasteiger partial charge is 0.480 e. The van der Waals surface area contributed by atoms with Crippen molar-refractivity contribution in [1.29, 1.82) is 0 Å². The SMILES string of the molecule is CCCC(NC(=O)NCCOCCOC)C(=O)O. The molecule has 0 radical (unpaired) electrons. The molecule has 0 bridgehead atoms. The predicted octanol–water partition coefficient (Wildman–Crippen LogP) is 0.202. The summed E-state index contributed by atoms with van der Waals surface area (Å²) in [5.41, 5.74) is 0. The van der Waals surface area contributed by atoms with E-state index in [1.165, 1.54) is 0 Å². The van der Waals surface area contributed by atoms with Gasteiger partial charge < -0.3 is 25.2 Å². The van der Waals surface area contributed by atoms with Crippen molar-refractivity contribution < 1.29 is 24.2 Å².